The van der Waals surface area contributed by atoms with Gasteiger partial charge in [-0.3, -0.25) is 0 Å². The molecule has 0 unspecified atom stereocenters. The Morgan fingerprint density at radius 2 is 1.73 bits per heavy atom. The number of benzene rings is 2. The number of rotatable bonds is 7. The molecule has 26 heavy (non-hydrogen) atoms. The summed E-state index contributed by atoms with van der Waals surface area (Å²) in [6, 6.07) is 20.9. The molecule has 2 heterocycles. The quantitative estimate of drug-likeness (QED) is 0.325. The Hall–Kier alpha value is -2.30. The summed E-state index contributed by atoms with van der Waals surface area (Å²) in [6.07, 6.45) is 0.291. The summed E-state index contributed by atoms with van der Waals surface area (Å²) in [6.45, 7) is 7.76. The molecule has 3 nitrogen and oxygen atoms in total. The molecule has 3 aromatic rings. The van der Waals surface area contributed by atoms with Crippen LogP contribution in [0.4, 0.5) is 0 Å². The van der Waals surface area contributed by atoms with E-state index in [9.17, 15) is 0 Å². The lowest BCUT2D eigenvalue weighted by molar-refractivity contribution is 0.377. The van der Waals surface area contributed by atoms with Crippen LogP contribution in [0.5, 0.6) is 0 Å². The monoisotopic (exact) mass is 362 g/mol. The van der Waals surface area contributed by atoms with E-state index < -0.39 is 0 Å². The van der Waals surface area contributed by atoms with E-state index in [1.54, 1.807) is 11.8 Å². The first-order chi connectivity index (χ1) is 12.7. The van der Waals surface area contributed by atoms with Crippen LogP contribution in [0.15, 0.2) is 78.0 Å². The van der Waals surface area contributed by atoms with Gasteiger partial charge in [-0.25, -0.2) is 4.98 Å². The van der Waals surface area contributed by atoms with Crippen molar-refractivity contribution >= 4 is 11.8 Å². The zero-order valence-electron chi connectivity index (χ0n) is 14.9. The van der Waals surface area contributed by atoms with Crippen LogP contribution in [0.2, 0.25) is 0 Å². The minimum absolute atomic E-state index is 0.291. The summed E-state index contributed by atoms with van der Waals surface area (Å²) in [7, 11) is 0. The van der Waals surface area contributed by atoms with Crippen molar-refractivity contribution in [3.8, 4) is 22.5 Å². The van der Waals surface area contributed by atoms with Gasteiger partial charge in [-0.15, -0.1) is 0 Å². The van der Waals surface area contributed by atoms with Crippen LogP contribution in [0, 0.1) is 0 Å². The Labute approximate surface area is 158 Å². The lowest BCUT2D eigenvalue weighted by Gasteiger charge is -2.12. The molecule has 4 rings (SSSR count). The highest BCUT2D eigenvalue weighted by Crippen LogP contribution is 2.37. The van der Waals surface area contributed by atoms with Gasteiger partial charge in [0.05, 0.1) is 30.6 Å². The zero-order chi connectivity index (χ0) is 17.9. The summed E-state index contributed by atoms with van der Waals surface area (Å²) in [5, 5.41) is 1.03. The molecule has 2 aromatic carbocycles. The molecular formula is C22H22N2OS. The second kappa shape index (κ2) is 7.52. The van der Waals surface area contributed by atoms with Crippen molar-refractivity contribution in [2.75, 3.05) is 12.4 Å². The Balaban J connectivity index is 1.87. The highest BCUT2D eigenvalue weighted by atomic mass is 32.2. The van der Waals surface area contributed by atoms with Gasteiger partial charge in [0, 0.05) is 16.9 Å². The number of epoxide rings is 1. The van der Waals surface area contributed by atoms with Crippen LogP contribution >= 0.6 is 11.8 Å². The summed E-state index contributed by atoms with van der Waals surface area (Å²) in [4.78, 5) is 5.04. The van der Waals surface area contributed by atoms with Gasteiger partial charge in [0.25, 0.3) is 0 Å². The third-order valence-electron chi connectivity index (χ3n) is 4.26. The fourth-order valence-electron chi connectivity index (χ4n) is 2.96. The molecule has 1 fully saturated rings. The van der Waals surface area contributed by atoms with E-state index in [1.165, 1.54) is 5.56 Å². The van der Waals surface area contributed by atoms with Crippen molar-refractivity contribution in [1.82, 2.24) is 9.55 Å². The van der Waals surface area contributed by atoms with Crippen LogP contribution in [0.3, 0.4) is 0 Å². The molecule has 0 aliphatic carbocycles. The molecule has 1 saturated heterocycles. The van der Waals surface area contributed by atoms with Crippen molar-refractivity contribution in [3.63, 3.8) is 0 Å². The van der Waals surface area contributed by atoms with Gasteiger partial charge in [0.1, 0.15) is 0 Å². The van der Waals surface area contributed by atoms with Gasteiger partial charge in [-0.2, -0.15) is 0 Å². The van der Waals surface area contributed by atoms with E-state index in [0.717, 1.165) is 46.6 Å². The second-order valence-corrected chi connectivity index (χ2v) is 7.58. The zero-order valence-corrected chi connectivity index (χ0v) is 15.7. The first-order valence-corrected chi connectivity index (χ1v) is 9.81. The van der Waals surface area contributed by atoms with Gasteiger partial charge in [0.2, 0.25) is 0 Å². The molecule has 0 bridgehead atoms. The van der Waals surface area contributed by atoms with Crippen molar-refractivity contribution in [2.24, 2.45) is 0 Å². The van der Waals surface area contributed by atoms with Crippen LogP contribution in [-0.4, -0.2) is 28.0 Å². The largest absolute Gasteiger partial charge is 0.371 e. The highest BCUT2D eigenvalue weighted by molar-refractivity contribution is 7.99. The lowest BCUT2D eigenvalue weighted by atomic mass is 10.0. The number of hydrogen-bond donors (Lipinski definition) is 0. The molecule has 1 aliphatic rings. The molecule has 1 aliphatic heterocycles. The summed E-state index contributed by atoms with van der Waals surface area (Å²) >= 11 is 1.75. The van der Waals surface area contributed by atoms with Crippen molar-refractivity contribution in [3.05, 3.63) is 72.8 Å². The average Bonchev–Trinajstić information content (AvgIpc) is 3.41. The first-order valence-electron chi connectivity index (χ1n) is 8.82. The summed E-state index contributed by atoms with van der Waals surface area (Å²) < 4.78 is 7.85. The van der Waals surface area contributed by atoms with Crippen molar-refractivity contribution in [2.45, 2.75) is 24.7 Å². The predicted molar refractivity (Wildman–Crippen MR) is 108 cm³/mol. The third kappa shape index (κ3) is 3.76. The standard InChI is InChI=1S/C22H22N2OS/c1-16(2)15-26-22-23-20(17-9-5-3-6-10-17)21(18-11-7-4-8-12-18)24(22)13-19-14-25-19/h3-12,19H,1,13-15H2,2H3/t19-/m0/s1. The number of imidazole rings is 1. The molecule has 0 radical (unpaired) electrons. The van der Waals surface area contributed by atoms with E-state index in [4.69, 9.17) is 9.72 Å². The third-order valence-corrected chi connectivity index (χ3v) is 5.47. The molecule has 0 saturated carbocycles. The number of thioether (sulfide) groups is 1. The van der Waals surface area contributed by atoms with Gasteiger partial charge in [-0.05, 0) is 6.92 Å². The highest BCUT2D eigenvalue weighted by Gasteiger charge is 2.28. The van der Waals surface area contributed by atoms with E-state index in [1.807, 2.05) is 12.1 Å². The molecule has 1 aromatic heterocycles. The predicted octanol–water partition coefficient (Wildman–Crippen LogP) is 5.28. The molecule has 0 amide bonds. The van der Waals surface area contributed by atoms with Crippen LogP contribution in [0.25, 0.3) is 22.5 Å². The SMILES string of the molecule is C=C(C)CSc1nc(-c2ccccc2)c(-c2ccccc2)n1C[C@H]1CO1. The number of nitrogens with zero attached hydrogens (tertiary/aromatic N) is 2. The van der Waals surface area contributed by atoms with Gasteiger partial charge >= 0.3 is 0 Å². The Morgan fingerprint density at radius 1 is 1.12 bits per heavy atom. The average molecular weight is 362 g/mol. The molecule has 132 valence electrons. The topological polar surface area (TPSA) is 30.4 Å². The van der Waals surface area contributed by atoms with Crippen LogP contribution in [0.1, 0.15) is 6.92 Å². The fourth-order valence-corrected chi connectivity index (χ4v) is 3.82. The Kier molecular flexibility index (Phi) is 4.96. The van der Waals surface area contributed by atoms with Gasteiger partial charge in [0.15, 0.2) is 5.16 Å². The fraction of sp³-hybridized carbons (Fsp3) is 0.227. The molecule has 1 atom stereocenters. The second-order valence-electron chi connectivity index (χ2n) is 6.64. The maximum Gasteiger partial charge on any atom is 0.169 e. The summed E-state index contributed by atoms with van der Waals surface area (Å²) in [5.41, 5.74) is 5.66. The van der Waals surface area contributed by atoms with Crippen LogP contribution < -0.4 is 0 Å². The minimum atomic E-state index is 0.291. The molecule has 4 heteroatoms. The first kappa shape index (κ1) is 17.1. The van der Waals surface area contributed by atoms with E-state index >= 15 is 0 Å². The Morgan fingerprint density at radius 3 is 2.31 bits per heavy atom. The molecular weight excluding hydrogens is 340 g/mol. The minimum Gasteiger partial charge on any atom is -0.371 e. The number of hydrogen-bond acceptors (Lipinski definition) is 3. The van der Waals surface area contributed by atoms with Crippen molar-refractivity contribution < 1.29 is 4.74 Å². The summed E-state index contributed by atoms with van der Waals surface area (Å²) in [5.74, 6) is 0.866. The lowest BCUT2D eigenvalue weighted by Crippen LogP contribution is -2.07. The van der Waals surface area contributed by atoms with Gasteiger partial charge < -0.3 is 9.30 Å². The van der Waals surface area contributed by atoms with E-state index in [0.29, 0.717) is 6.10 Å². The number of ether oxygens (including phenoxy) is 1. The Bertz CT molecular complexity index is 899. The van der Waals surface area contributed by atoms with E-state index in [-0.39, 0.29) is 0 Å². The van der Waals surface area contributed by atoms with Gasteiger partial charge in [-0.1, -0.05) is 84.6 Å². The molecule has 0 spiro atoms. The maximum absolute atomic E-state index is 5.52. The van der Waals surface area contributed by atoms with E-state index in [2.05, 4.69) is 66.6 Å². The van der Waals surface area contributed by atoms with Crippen molar-refractivity contribution in [1.29, 1.82) is 0 Å². The molecule has 0 N–H and O–H groups in total. The maximum atomic E-state index is 5.52. The number of aromatic nitrogens is 2. The normalized spacial score (nSPS) is 15.8. The smallest absolute Gasteiger partial charge is 0.169 e. The van der Waals surface area contributed by atoms with Crippen LogP contribution in [-0.2, 0) is 11.3 Å².